The molecule has 16 N–H and O–H groups in total. The molecule has 6 aromatic carbocycles. The number of hydrogen-bond donors (Lipinski definition) is 15. The van der Waals surface area contributed by atoms with Crippen LogP contribution >= 0.6 is 35.3 Å². The number of hydrogen-bond acceptors (Lipinski definition) is 24. The van der Waals surface area contributed by atoms with Crippen molar-refractivity contribution in [3.05, 3.63) is 162 Å². The van der Waals surface area contributed by atoms with Crippen LogP contribution in [-0.4, -0.2) is 201 Å². The van der Waals surface area contributed by atoms with Gasteiger partial charge in [0.15, 0.2) is 6.29 Å². The first-order chi connectivity index (χ1) is 40.9. The van der Waals surface area contributed by atoms with Gasteiger partial charge < -0.3 is 86.8 Å². The average molecular weight is 1220 g/mol. The van der Waals surface area contributed by atoms with E-state index in [9.17, 15) is 45.6 Å². The molecule has 10 rings (SSSR count). The van der Waals surface area contributed by atoms with E-state index in [1.165, 1.54) is 20.2 Å². The molecule has 0 radical (unpaired) electrons. The van der Waals surface area contributed by atoms with E-state index >= 15 is 0 Å². The number of aldehydes is 1. The van der Waals surface area contributed by atoms with Crippen molar-refractivity contribution in [3.63, 3.8) is 0 Å². The minimum absolute atomic E-state index is 0.0258. The molecule has 0 spiro atoms. The van der Waals surface area contributed by atoms with Gasteiger partial charge in [-0.15, -0.1) is 0 Å². The van der Waals surface area contributed by atoms with Gasteiger partial charge in [0.05, 0.1) is 43.0 Å². The fraction of sp³-hybridized carbons (Fsp3) is 0.328. The van der Waals surface area contributed by atoms with E-state index in [-0.39, 0.29) is 6.29 Å². The normalized spacial score (nSPS) is 21.2. The van der Waals surface area contributed by atoms with Gasteiger partial charge in [0.25, 0.3) is 0 Å². The SMILES string of the molecule is NC1=Nc2ccc(Sc3ccccc3)cc2C1.O=CC(O)C(O)C(O)C(O)CO.OCC(O)C(O)C(O)C(O)C=NC1=Nc2ccc(Sc3ccccc3)cc2C1.OCC1OC(CC2=Nc3ccc(Sc4ccccc4)cc3C2)C(O)C(O)C1O. The Morgan fingerprint density at radius 2 is 0.929 bits per heavy atom. The van der Waals surface area contributed by atoms with Gasteiger partial charge in [0.1, 0.15) is 84.9 Å². The number of ether oxygens (including phenoxy) is 1. The van der Waals surface area contributed by atoms with Crippen molar-refractivity contribution in [2.24, 2.45) is 25.7 Å². The standard InChI is InChI=1S/C21H23NO5S.C20H22N2O5S.C14H12N2S.C6H12O6/c23-11-18-20(25)21(26)19(24)17(27-18)10-13-8-12-9-15(6-7-16(12)22-13)28-14-4-2-1-3-5-14;23-11-17(25)20(27)19(26)16(24)10-21-18-9-12-8-14(6-7-15(12)22-18)28-13-4-2-1-3-5-13;15-14-9-10-8-12(6-7-13(10)16-14)17-11-4-2-1-3-5-11;7-1-3(9)5(11)6(12)4(10)2-8/h1-7,9,17-21,23-26H,8,10-11H2;1-8,10,16-17,19-20,23-27H,9,11H2;1-8H,9H2,(H2,15,16);1,3-6,8-12H,2H2. The molecule has 1 fully saturated rings. The number of nitrogens with zero attached hydrogens (tertiary/aromatic N) is 4. The maximum absolute atomic E-state index is 10.2. The van der Waals surface area contributed by atoms with Gasteiger partial charge in [-0.1, -0.05) is 89.9 Å². The van der Waals surface area contributed by atoms with Crippen molar-refractivity contribution in [2.45, 2.75) is 134 Å². The lowest BCUT2D eigenvalue weighted by Crippen LogP contribution is -2.58. The summed E-state index contributed by atoms with van der Waals surface area (Å²) in [6.07, 6.45) is -15.5. The first-order valence-electron chi connectivity index (χ1n) is 26.9. The zero-order valence-corrected chi connectivity index (χ0v) is 48.1. The van der Waals surface area contributed by atoms with E-state index in [1.807, 2.05) is 91.0 Å². The Morgan fingerprint density at radius 1 is 0.506 bits per heavy atom. The fourth-order valence-corrected chi connectivity index (χ4v) is 11.6. The molecule has 4 heterocycles. The summed E-state index contributed by atoms with van der Waals surface area (Å²) in [6, 6.07) is 48.9. The number of fused-ring (bicyclic) bond motifs is 3. The van der Waals surface area contributed by atoms with Crippen molar-refractivity contribution in [2.75, 3.05) is 19.8 Å². The third-order valence-electron chi connectivity index (χ3n) is 13.5. The van der Waals surface area contributed by atoms with Gasteiger partial charge in [0.2, 0.25) is 0 Å². The number of aliphatic hydroxyl groups excluding tert-OH is 14. The summed E-state index contributed by atoms with van der Waals surface area (Å²) in [7, 11) is 0. The Morgan fingerprint density at radius 3 is 1.39 bits per heavy atom. The third-order valence-corrected chi connectivity index (χ3v) is 16.5. The summed E-state index contributed by atoms with van der Waals surface area (Å²) in [5.74, 6) is 1.18. The van der Waals surface area contributed by atoms with Gasteiger partial charge in [-0.3, -0.25) is 4.99 Å². The van der Waals surface area contributed by atoms with E-state index in [0.29, 0.717) is 30.9 Å². The number of benzene rings is 6. The smallest absolute Gasteiger partial charge is 0.151 e. The zero-order chi connectivity index (χ0) is 61.2. The van der Waals surface area contributed by atoms with Crippen LogP contribution in [0.1, 0.15) is 23.1 Å². The molecule has 0 aliphatic carbocycles. The van der Waals surface area contributed by atoms with Crippen LogP contribution in [0.3, 0.4) is 0 Å². The number of amidine groups is 2. The predicted octanol–water partition coefficient (Wildman–Crippen LogP) is 2.63. The maximum atomic E-state index is 10.2. The molecule has 6 aromatic rings. The summed E-state index contributed by atoms with van der Waals surface area (Å²) in [4.78, 5) is 34.3. The van der Waals surface area contributed by atoms with Gasteiger partial charge in [-0.05, 0) is 108 Å². The van der Waals surface area contributed by atoms with Crippen LogP contribution in [0.4, 0.5) is 17.1 Å². The highest BCUT2D eigenvalue weighted by molar-refractivity contribution is 7.99. The topological polar surface area (TPSA) is 385 Å². The van der Waals surface area contributed by atoms with Crippen molar-refractivity contribution in [1.29, 1.82) is 0 Å². The van der Waals surface area contributed by atoms with Crippen LogP contribution in [0, 0.1) is 0 Å². The highest BCUT2D eigenvalue weighted by Gasteiger charge is 2.44. The molecule has 24 heteroatoms. The highest BCUT2D eigenvalue weighted by atomic mass is 32.2. The Balaban J connectivity index is 0.000000171. The molecular formula is C61H69N5O16S3. The number of nitrogens with two attached hydrogens (primary N) is 1. The molecule has 1 saturated heterocycles. The average Bonchev–Trinajstić information content (AvgIpc) is 3.37. The molecule has 21 nitrogen and oxygen atoms in total. The van der Waals surface area contributed by atoms with Gasteiger partial charge in [-0.2, -0.15) is 0 Å². The van der Waals surface area contributed by atoms with Gasteiger partial charge in [0, 0.05) is 67.0 Å². The fourth-order valence-electron chi connectivity index (χ4n) is 8.85. The largest absolute Gasteiger partial charge is 0.394 e. The van der Waals surface area contributed by atoms with Crippen molar-refractivity contribution in [1.82, 2.24) is 0 Å². The molecule has 0 bridgehead atoms. The van der Waals surface area contributed by atoms with E-state index in [1.54, 1.807) is 35.3 Å². The number of carbonyl (C=O) groups excluding carboxylic acids is 1. The van der Waals surface area contributed by atoms with Gasteiger partial charge in [-0.25, -0.2) is 15.0 Å². The van der Waals surface area contributed by atoms with Crippen LogP contribution in [0.5, 0.6) is 0 Å². The van der Waals surface area contributed by atoms with E-state index < -0.39 is 99.2 Å². The van der Waals surface area contributed by atoms with Crippen LogP contribution in [0.2, 0.25) is 0 Å². The second kappa shape index (κ2) is 32.6. The van der Waals surface area contributed by atoms with E-state index in [2.05, 4.69) is 74.6 Å². The lowest BCUT2D eigenvalue weighted by Gasteiger charge is -2.40. The lowest BCUT2D eigenvalue weighted by molar-refractivity contribution is -0.227. The molecule has 85 heavy (non-hydrogen) atoms. The van der Waals surface area contributed by atoms with Crippen LogP contribution < -0.4 is 5.73 Å². The monoisotopic (exact) mass is 1220 g/mol. The Bertz CT molecular complexity index is 3220. The molecule has 13 unspecified atom stereocenters. The highest BCUT2D eigenvalue weighted by Crippen LogP contribution is 2.38. The van der Waals surface area contributed by atoms with Crippen molar-refractivity contribution < 1.29 is 81.0 Å². The molecule has 0 amide bonds. The van der Waals surface area contributed by atoms with Crippen molar-refractivity contribution in [3.8, 4) is 0 Å². The zero-order valence-electron chi connectivity index (χ0n) is 45.6. The number of rotatable bonds is 19. The Kier molecular flexibility index (Phi) is 25.5. The summed E-state index contributed by atoms with van der Waals surface area (Å²) in [5, 5.41) is 130. The Hall–Kier alpha value is -6.08. The first-order valence-corrected chi connectivity index (χ1v) is 29.3. The molecule has 0 aromatic heterocycles. The molecule has 4 aliphatic rings. The summed E-state index contributed by atoms with van der Waals surface area (Å²) >= 11 is 5.10. The molecule has 452 valence electrons. The quantitative estimate of drug-likeness (QED) is 0.0409. The predicted molar refractivity (Wildman–Crippen MR) is 323 cm³/mol. The second-order valence-electron chi connectivity index (χ2n) is 19.9. The Labute approximate surface area is 503 Å². The van der Waals surface area contributed by atoms with Crippen LogP contribution in [0.25, 0.3) is 0 Å². The second-order valence-corrected chi connectivity index (χ2v) is 23.3. The lowest BCUT2D eigenvalue weighted by atomic mass is 9.92. The number of aliphatic hydroxyl groups is 14. The molecule has 0 saturated carbocycles. The number of carbonyl (C=O) groups is 1. The maximum Gasteiger partial charge on any atom is 0.151 e. The third kappa shape index (κ3) is 19.0. The van der Waals surface area contributed by atoms with Crippen LogP contribution in [0.15, 0.2) is 195 Å². The summed E-state index contributed by atoms with van der Waals surface area (Å²) < 4.78 is 5.60. The molecule has 13 atom stereocenters. The molecule has 4 aliphatic heterocycles. The van der Waals surface area contributed by atoms with Crippen LogP contribution in [-0.2, 0) is 28.8 Å². The first kappa shape index (κ1) is 66.4. The van der Waals surface area contributed by atoms with E-state index in [4.69, 9.17) is 41.1 Å². The minimum atomic E-state index is -1.79. The summed E-state index contributed by atoms with van der Waals surface area (Å²) in [5.41, 5.74) is 12.6. The number of aliphatic imine (C=N–C) groups is 4. The van der Waals surface area contributed by atoms with Crippen molar-refractivity contribution >= 4 is 82.2 Å². The minimum Gasteiger partial charge on any atom is -0.394 e. The van der Waals surface area contributed by atoms with Gasteiger partial charge >= 0.3 is 0 Å². The van der Waals surface area contributed by atoms with E-state index in [0.717, 1.165) is 61.2 Å². The summed E-state index contributed by atoms with van der Waals surface area (Å²) in [6.45, 7) is -1.91. The molecular weight excluding hydrogens is 1150 g/mol.